The van der Waals surface area contributed by atoms with Crippen molar-refractivity contribution in [3.63, 3.8) is 0 Å². The molecule has 1 atom stereocenters. The Morgan fingerprint density at radius 1 is 0.818 bits per heavy atom. The van der Waals surface area contributed by atoms with Gasteiger partial charge in [-0.15, -0.1) is 0 Å². The maximum Gasteiger partial charge on any atom is 0.305 e. The quantitative estimate of drug-likeness (QED) is 0.254. The zero-order chi connectivity index (χ0) is 16.6. The van der Waals surface area contributed by atoms with Crippen LogP contribution in [0.3, 0.4) is 0 Å². The fourth-order valence-electron chi connectivity index (χ4n) is 2.80. The molecule has 0 heterocycles. The van der Waals surface area contributed by atoms with Crippen molar-refractivity contribution < 1.29 is 9.53 Å². The lowest BCUT2D eigenvalue weighted by Crippen LogP contribution is -2.15. The van der Waals surface area contributed by atoms with Crippen molar-refractivity contribution in [2.75, 3.05) is 6.61 Å². The Bertz CT molecular complexity index is 248. The molecule has 0 aromatic rings. The van der Waals surface area contributed by atoms with Crippen LogP contribution in [-0.4, -0.2) is 12.6 Å². The van der Waals surface area contributed by atoms with Crippen LogP contribution in [0, 0.1) is 11.8 Å². The molecule has 0 fully saturated rings. The second kappa shape index (κ2) is 15.4. The lowest BCUT2D eigenvalue weighted by molar-refractivity contribution is -0.145. The number of rotatable bonds is 15. The molecular formula is C20H40O2. The van der Waals surface area contributed by atoms with E-state index in [0.717, 1.165) is 12.3 Å². The van der Waals surface area contributed by atoms with Crippen LogP contribution in [0.4, 0.5) is 0 Å². The summed E-state index contributed by atoms with van der Waals surface area (Å²) in [6.45, 7) is 9.60. The van der Waals surface area contributed by atoms with Crippen LogP contribution in [0.5, 0.6) is 0 Å². The van der Waals surface area contributed by atoms with Crippen molar-refractivity contribution in [3.8, 4) is 0 Å². The molecule has 0 aromatic heterocycles. The van der Waals surface area contributed by atoms with Crippen LogP contribution in [-0.2, 0) is 9.53 Å². The van der Waals surface area contributed by atoms with Crippen molar-refractivity contribution in [2.24, 2.45) is 11.8 Å². The molecular weight excluding hydrogens is 272 g/mol. The van der Waals surface area contributed by atoms with Crippen molar-refractivity contribution >= 4 is 5.97 Å². The van der Waals surface area contributed by atoms with Gasteiger partial charge in [-0.1, -0.05) is 79.1 Å². The fourth-order valence-corrected chi connectivity index (χ4v) is 2.80. The molecule has 2 nitrogen and oxygen atoms in total. The van der Waals surface area contributed by atoms with E-state index in [1.165, 1.54) is 64.2 Å². The Labute approximate surface area is 139 Å². The molecule has 0 aliphatic heterocycles. The SMILES string of the molecule is CCCCCCCCCC(=O)OCC(CCC)CCC(C)C. The third kappa shape index (κ3) is 14.4. The summed E-state index contributed by atoms with van der Waals surface area (Å²) in [5.74, 6) is 1.31. The Morgan fingerprint density at radius 3 is 2.05 bits per heavy atom. The van der Waals surface area contributed by atoms with Gasteiger partial charge in [-0.05, 0) is 31.1 Å². The topological polar surface area (TPSA) is 26.3 Å². The van der Waals surface area contributed by atoms with Crippen molar-refractivity contribution in [2.45, 2.75) is 105 Å². The minimum Gasteiger partial charge on any atom is -0.465 e. The summed E-state index contributed by atoms with van der Waals surface area (Å²) in [5, 5.41) is 0. The molecule has 0 aliphatic rings. The third-order valence-electron chi connectivity index (χ3n) is 4.31. The third-order valence-corrected chi connectivity index (χ3v) is 4.31. The van der Waals surface area contributed by atoms with Gasteiger partial charge in [0.05, 0.1) is 6.61 Å². The van der Waals surface area contributed by atoms with Gasteiger partial charge >= 0.3 is 5.97 Å². The first-order chi connectivity index (χ1) is 10.6. The van der Waals surface area contributed by atoms with Gasteiger partial charge in [0.2, 0.25) is 0 Å². The second-order valence-electron chi connectivity index (χ2n) is 7.18. The Kier molecular flexibility index (Phi) is 15.0. The minimum absolute atomic E-state index is 0.0132. The second-order valence-corrected chi connectivity index (χ2v) is 7.18. The summed E-state index contributed by atoms with van der Waals surface area (Å²) in [5.41, 5.74) is 0. The van der Waals surface area contributed by atoms with Gasteiger partial charge in [-0.2, -0.15) is 0 Å². The average Bonchev–Trinajstić information content (AvgIpc) is 2.49. The summed E-state index contributed by atoms with van der Waals surface area (Å²) in [7, 11) is 0. The predicted molar refractivity (Wildman–Crippen MR) is 96.0 cm³/mol. The van der Waals surface area contributed by atoms with Gasteiger partial charge in [0.25, 0.3) is 0 Å². The number of carbonyl (C=O) groups is 1. The maximum atomic E-state index is 11.8. The average molecular weight is 313 g/mol. The number of hydrogen-bond donors (Lipinski definition) is 0. The van der Waals surface area contributed by atoms with Crippen LogP contribution >= 0.6 is 0 Å². The normalized spacial score (nSPS) is 12.6. The number of ether oxygens (including phenoxy) is 1. The summed E-state index contributed by atoms with van der Waals surface area (Å²) < 4.78 is 5.50. The summed E-state index contributed by atoms with van der Waals surface area (Å²) >= 11 is 0. The van der Waals surface area contributed by atoms with Crippen LogP contribution < -0.4 is 0 Å². The molecule has 0 saturated heterocycles. The summed E-state index contributed by atoms with van der Waals surface area (Å²) in [6.07, 6.45) is 14.1. The van der Waals surface area contributed by atoms with Gasteiger partial charge in [0.1, 0.15) is 0 Å². The Balaban J connectivity index is 3.62. The van der Waals surface area contributed by atoms with Crippen molar-refractivity contribution in [3.05, 3.63) is 0 Å². The first kappa shape index (κ1) is 21.5. The number of hydrogen-bond acceptors (Lipinski definition) is 2. The Hall–Kier alpha value is -0.530. The van der Waals surface area contributed by atoms with Crippen LogP contribution in [0.15, 0.2) is 0 Å². The molecule has 22 heavy (non-hydrogen) atoms. The molecule has 1 unspecified atom stereocenters. The molecule has 0 rings (SSSR count). The van der Waals surface area contributed by atoms with E-state index in [4.69, 9.17) is 4.74 Å². The number of unbranched alkanes of at least 4 members (excludes halogenated alkanes) is 6. The molecule has 0 aliphatic carbocycles. The van der Waals surface area contributed by atoms with Gasteiger partial charge in [-0.3, -0.25) is 4.79 Å². The smallest absolute Gasteiger partial charge is 0.305 e. The van der Waals surface area contributed by atoms with E-state index >= 15 is 0 Å². The highest BCUT2D eigenvalue weighted by Crippen LogP contribution is 2.18. The molecule has 0 radical (unpaired) electrons. The minimum atomic E-state index is 0.0132. The van der Waals surface area contributed by atoms with Gasteiger partial charge in [0, 0.05) is 6.42 Å². The molecule has 0 spiro atoms. The van der Waals surface area contributed by atoms with Crippen molar-refractivity contribution in [1.82, 2.24) is 0 Å². The largest absolute Gasteiger partial charge is 0.465 e. The van der Waals surface area contributed by atoms with E-state index in [2.05, 4.69) is 27.7 Å². The van der Waals surface area contributed by atoms with Gasteiger partial charge < -0.3 is 4.74 Å². The number of carbonyl (C=O) groups excluding carboxylic acids is 1. The molecule has 0 amide bonds. The highest BCUT2D eigenvalue weighted by Gasteiger charge is 2.12. The molecule has 0 N–H and O–H groups in total. The van der Waals surface area contributed by atoms with E-state index in [1.54, 1.807) is 0 Å². The highest BCUT2D eigenvalue weighted by molar-refractivity contribution is 5.69. The lowest BCUT2D eigenvalue weighted by atomic mass is 9.95. The monoisotopic (exact) mass is 312 g/mol. The van der Waals surface area contributed by atoms with E-state index in [9.17, 15) is 4.79 Å². The Morgan fingerprint density at radius 2 is 1.45 bits per heavy atom. The van der Waals surface area contributed by atoms with E-state index < -0.39 is 0 Å². The van der Waals surface area contributed by atoms with Crippen LogP contribution in [0.2, 0.25) is 0 Å². The molecule has 0 aromatic carbocycles. The van der Waals surface area contributed by atoms with Gasteiger partial charge in [-0.25, -0.2) is 0 Å². The maximum absolute atomic E-state index is 11.8. The fraction of sp³-hybridized carbons (Fsp3) is 0.950. The van der Waals surface area contributed by atoms with Gasteiger partial charge in [0.15, 0.2) is 0 Å². The summed E-state index contributed by atoms with van der Waals surface area (Å²) in [4.78, 5) is 11.8. The standard InChI is InChI=1S/C20H40O2/c1-5-7-8-9-10-11-12-14-20(21)22-17-19(13-6-2)16-15-18(3)4/h18-19H,5-17H2,1-4H3. The first-order valence-corrected chi connectivity index (χ1v) is 9.75. The molecule has 0 bridgehead atoms. The lowest BCUT2D eigenvalue weighted by Gasteiger charge is -2.17. The zero-order valence-corrected chi connectivity index (χ0v) is 15.7. The summed E-state index contributed by atoms with van der Waals surface area (Å²) in [6, 6.07) is 0. The van der Waals surface area contributed by atoms with E-state index in [-0.39, 0.29) is 5.97 Å². The zero-order valence-electron chi connectivity index (χ0n) is 15.7. The van der Waals surface area contributed by atoms with Crippen LogP contribution in [0.25, 0.3) is 0 Å². The first-order valence-electron chi connectivity index (χ1n) is 9.75. The van der Waals surface area contributed by atoms with Crippen molar-refractivity contribution in [1.29, 1.82) is 0 Å². The van der Waals surface area contributed by atoms with E-state index in [0.29, 0.717) is 18.9 Å². The molecule has 0 saturated carbocycles. The predicted octanol–water partition coefficient (Wildman–Crippen LogP) is 6.52. The van der Waals surface area contributed by atoms with E-state index in [1.807, 2.05) is 0 Å². The molecule has 2 heteroatoms. The number of esters is 1. The highest BCUT2D eigenvalue weighted by atomic mass is 16.5. The van der Waals surface area contributed by atoms with Crippen LogP contribution in [0.1, 0.15) is 105 Å². The molecule has 132 valence electrons.